The molecular weight excluding hydrogens is 1100 g/mol. The third kappa shape index (κ3) is 14.8. The van der Waals surface area contributed by atoms with Crippen LogP contribution in [0.1, 0.15) is 57.8 Å². The lowest BCUT2D eigenvalue weighted by Crippen LogP contribution is -2.29. The Labute approximate surface area is 491 Å². The fourth-order valence-electron chi connectivity index (χ4n) is 9.77. The first kappa shape index (κ1) is 61.9. The summed E-state index contributed by atoms with van der Waals surface area (Å²) in [5, 5.41) is 12.0. The Morgan fingerprint density at radius 3 is 1.56 bits per heavy atom. The highest BCUT2D eigenvalue weighted by molar-refractivity contribution is 6.03. The average Bonchev–Trinajstić information content (AvgIpc) is 2.14. The van der Waals surface area contributed by atoms with Crippen LogP contribution in [0.4, 0.5) is 63.6 Å². The van der Waals surface area contributed by atoms with Gasteiger partial charge in [-0.25, -0.2) is 38.7 Å². The number of aryl methyl sites for hydroxylation is 2. The molecule has 0 atom stereocenters. The molecule has 8 rings (SSSR count). The molecule has 20 nitrogen and oxygen atoms in total. The number of ether oxygens (including phenoxy) is 2. The highest BCUT2D eigenvalue weighted by atomic mass is 19.3. The number of rotatable bonds is 27. The van der Waals surface area contributed by atoms with E-state index in [-0.39, 0.29) is 58.7 Å². The lowest BCUT2D eigenvalue weighted by molar-refractivity contribution is -0.112. The van der Waals surface area contributed by atoms with Crippen LogP contribution >= 0.6 is 0 Å². The zero-order valence-corrected chi connectivity index (χ0v) is 49.7. The van der Waals surface area contributed by atoms with Crippen molar-refractivity contribution in [3.8, 4) is 34.0 Å². The molecule has 0 saturated carbocycles. The largest absolute Gasteiger partial charge is 0.491 e. The fraction of sp³-hybridized carbons (Fsp3) is 0.344. The minimum absolute atomic E-state index is 0.0245. The van der Waals surface area contributed by atoms with E-state index in [1.165, 1.54) is 36.5 Å². The van der Waals surface area contributed by atoms with Gasteiger partial charge in [0.25, 0.3) is 0 Å². The van der Waals surface area contributed by atoms with Gasteiger partial charge in [0.2, 0.25) is 23.7 Å². The molecule has 4 aromatic heterocycles. The summed E-state index contributed by atoms with van der Waals surface area (Å²) in [5.41, 5.74) is 5.53. The van der Waals surface area contributed by atoms with Crippen LogP contribution in [0.5, 0.6) is 11.5 Å². The fourth-order valence-corrected chi connectivity index (χ4v) is 9.77. The Hall–Kier alpha value is -9.16. The second-order valence-electron chi connectivity index (χ2n) is 21.4. The molecule has 24 heteroatoms. The molecule has 0 radical (unpaired) electrons. The lowest BCUT2D eigenvalue weighted by Gasteiger charge is -2.26. The smallest absolute Gasteiger partial charge is 0.387 e. The van der Waals surface area contributed by atoms with E-state index in [2.05, 4.69) is 54.4 Å². The van der Waals surface area contributed by atoms with Gasteiger partial charge in [-0.3, -0.25) is 9.59 Å². The van der Waals surface area contributed by atoms with Crippen LogP contribution in [0.15, 0.2) is 98.4 Å². The van der Waals surface area contributed by atoms with Crippen molar-refractivity contribution in [2.45, 2.75) is 66.2 Å². The highest BCUT2D eigenvalue weighted by Crippen LogP contribution is 2.41. The molecule has 448 valence electrons. The van der Waals surface area contributed by atoms with E-state index in [1.807, 2.05) is 106 Å². The van der Waals surface area contributed by atoms with Crippen LogP contribution in [0.3, 0.4) is 0 Å². The van der Waals surface area contributed by atoms with Gasteiger partial charge >= 0.3 is 6.61 Å². The second kappa shape index (κ2) is 27.0. The monoisotopic (exact) mass is 1170 g/mol. The number of aromatic nitrogens is 8. The molecule has 4 aromatic carbocycles. The van der Waals surface area contributed by atoms with Gasteiger partial charge < -0.3 is 59.5 Å². The van der Waals surface area contributed by atoms with Crippen LogP contribution in [-0.2, 0) is 16.0 Å². The van der Waals surface area contributed by atoms with Gasteiger partial charge in [0.1, 0.15) is 28.4 Å². The van der Waals surface area contributed by atoms with Crippen molar-refractivity contribution < 1.29 is 36.6 Å². The van der Waals surface area contributed by atoms with Crippen LogP contribution in [0, 0.1) is 18.6 Å². The topological polar surface area (TPSA) is 201 Å². The van der Waals surface area contributed by atoms with Crippen molar-refractivity contribution in [1.82, 2.24) is 48.8 Å². The van der Waals surface area contributed by atoms with Gasteiger partial charge in [-0.1, -0.05) is 13.2 Å². The maximum atomic E-state index is 16.4. The number of anilines is 8. The number of nitrogens with zero attached hydrogens (tertiary/aromatic N) is 12. The first-order valence-electron chi connectivity index (χ1n) is 27.6. The van der Waals surface area contributed by atoms with Crippen LogP contribution in [-0.4, -0.2) is 142 Å². The van der Waals surface area contributed by atoms with E-state index < -0.39 is 30.1 Å². The third-order valence-electron chi connectivity index (χ3n) is 13.9. The number of carbonyl (C=O) groups excluding carboxylic acids is 2. The molecule has 0 saturated heterocycles. The van der Waals surface area contributed by atoms with E-state index in [1.54, 1.807) is 42.4 Å². The van der Waals surface area contributed by atoms with E-state index >= 15 is 8.78 Å². The molecule has 0 aliphatic rings. The predicted molar refractivity (Wildman–Crippen MR) is 328 cm³/mol. The summed E-state index contributed by atoms with van der Waals surface area (Å²) < 4.78 is 75.5. The van der Waals surface area contributed by atoms with Gasteiger partial charge in [0.05, 0.1) is 63.2 Å². The van der Waals surface area contributed by atoms with Gasteiger partial charge in [-0.2, -0.15) is 8.78 Å². The number of benzene rings is 4. The van der Waals surface area contributed by atoms with Gasteiger partial charge in [-0.05, 0) is 130 Å². The number of hydrogen-bond acceptors (Lipinski definition) is 16. The Bertz CT molecular complexity index is 3750. The van der Waals surface area contributed by atoms with E-state index in [9.17, 15) is 18.4 Å². The highest BCUT2D eigenvalue weighted by Gasteiger charge is 2.24. The van der Waals surface area contributed by atoms with Crippen LogP contribution < -0.4 is 40.5 Å². The molecule has 0 unspecified atom stereocenters. The number of amides is 2. The standard InChI is InChI=1S/C61H72F4N16O4/c1-14-55(82)69-44-31-46(73-60-66-20-18-42(71-60)38-27-40(62)57-50(29-38)80(35(3)4)37(7)68-57)52(33-48(44)78(12)24-22-76(8)9)84-26-16-17-54-75-58-41(63)28-39(30-51(58)81(54)36(5)6)43-19-21-67-61(72-43)74-47-32-45(70-56(83)15-2)49(34-53(47)85-59(64)65)79(13)25-23-77(10)11/h14-15,18-21,27-36,59H,1-2,16-17,22-26H2,3-13H3,(H,69,82)(H,70,83)(H,66,71,73)(H,67,72,74). The molecule has 0 fully saturated rings. The summed E-state index contributed by atoms with van der Waals surface area (Å²) in [5.74, 6) is -0.396. The van der Waals surface area contributed by atoms with Crippen molar-refractivity contribution in [2.75, 3.05) is 106 Å². The van der Waals surface area contributed by atoms with Crippen LogP contribution in [0.25, 0.3) is 44.6 Å². The number of halogens is 4. The second-order valence-corrected chi connectivity index (χ2v) is 21.4. The normalized spacial score (nSPS) is 11.6. The number of fused-ring (bicyclic) bond motifs is 2. The summed E-state index contributed by atoms with van der Waals surface area (Å²) in [6.07, 6.45) is 6.11. The third-order valence-corrected chi connectivity index (χ3v) is 13.9. The molecule has 2 amide bonds. The van der Waals surface area contributed by atoms with Gasteiger partial charge in [-0.15, -0.1) is 0 Å². The van der Waals surface area contributed by atoms with E-state index in [0.29, 0.717) is 113 Å². The van der Waals surface area contributed by atoms with Crippen molar-refractivity contribution in [3.63, 3.8) is 0 Å². The minimum atomic E-state index is -3.19. The maximum Gasteiger partial charge on any atom is 0.387 e. The van der Waals surface area contributed by atoms with E-state index in [0.717, 1.165) is 6.08 Å². The molecule has 4 N–H and O–H groups in total. The zero-order chi connectivity index (χ0) is 61.4. The maximum absolute atomic E-state index is 16.4. The summed E-state index contributed by atoms with van der Waals surface area (Å²) in [4.78, 5) is 61.0. The summed E-state index contributed by atoms with van der Waals surface area (Å²) in [6, 6.07) is 15.9. The number of hydrogen-bond donors (Lipinski definition) is 4. The number of alkyl halides is 2. The summed E-state index contributed by atoms with van der Waals surface area (Å²) in [7, 11) is 11.4. The summed E-state index contributed by atoms with van der Waals surface area (Å²) >= 11 is 0. The SMILES string of the molecule is C=CC(=O)Nc1cc(Nc2nccc(-c3cc(F)c4nc(C)n(C(C)C)c4c3)n2)c(OCCCc2nc3c(F)cc(-c4ccnc(Nc5cc(NC(=O)C=C)c(N(C)CCN(C)C)cc5OC(F)F)n4)cc3n2C(C)C)cc1N(C)CCN(C)C. The summed E-state index contributed by atoms with van der Waals surface area (Å²) in [6.45, 7) is 16.4. The average molecular weight is 1170 g/mol. The molecule has 0 spiro atoms. The Kier molecular flexibility index (Phi) is 19.7. The molecule has 0 aliphatic heterocycles. The number of likely N-dealkylation sites (N-methyl/N-ethyl adjacent to an activating group) is 4. The minimum Gasteiger partial charge on any atom is -0.491 e. The van der Waals surface area contributed by atoms with Crippen molar-refractivity contribution >= 4 is 79.9 Å². The van der Waals surface area contributed by atoms with Crippen molar-refractivity contribution in [3.05, 3.63) is 122 Å². The quantitative estimate of drug-likeness (QED) is 0.0215. The Morgan fingerprint density at radius 1 is 0.624 bits per heavy atom. The lowest BCUT2D eigenvalue weighted by atomic mass is 10.1. The first-order chi connectivity index (χ1) is 40.5. The van der Waals surface area contributed by atoms with Crippen LogP contribution in [0.2, 0.25) is 0 Å². The number of imidazole rings is 2. The molecular formula is C61H72F4N16O4. The Balaban J connectivity index is 1.08. The molecule has 4 heterocycles. The molecule has 8 aromatic rings. The van der Waals surface area contributed by atoms with Gasteiger partial charge in [0, 0.05) is 94.4 Å². The predicted octanol–water partition coefficient (Wildman–Crippen LogP) is 11.4. The molecule has 0 bridgehead atoms. The van der Waals surface area contributed by atoms with Gasteiger partial charge in [0.15, 0.2) is 17.4 Å². The molecule has 0 aliphatic carbocycles. The zero-order valence-electron chi connectivity index (χ0n) is 49.7. The number of carbonyl (C=O) groups is 2. The first-order valence-corrected chi connectivity index (χ1v) is 27.6. The Morgan fingerprint density at radius 2 is 1.09 bits per heavy atom. The van der Waals surface area contributed by atoms with Crippen molar-refractivity contribution in [1.29, 1.82) is 0 Å². The number of nitrogens with one attached hydrogen (secondary N) is 4. The van der Waals surface area contributed by atoms with E-state index in [4.69, 9.17) is 19.4 Å². The van der Waals surface area contributed by atoms with Crippen molar-refractivity contribution in [2.24, 2.45) is 0 Å². The molecule has 85 heavy (non-hydrogen) atoms.